The summed E-state index contributed by atoms with van der Waals surface area (Å²) in [5.74, 6) is 0.188. The van der Waals surface area contributed by atoms with Crippen molar-refractivity contribution in [3.8, 4) is 0 Å². The largest absolute Gasteiger partial charge is 0.364 e. The molecule has 1 heterocycles. The molecule has 0 bridgehead atoms. The third-order valence-electron chi connectivity index (χ3n) is 4.17. The minimum atomic E-state index is -0.249. The average molecular weight is 254 g/mol. The van der Waals surface area contributed by atoms with Gasteiger partial charge in [-0.1, -0.05) is 12.8 Å². The van der Waals surface area contributed by atoms with Gasteiger partial charge < -0.3 is 15.4 Å². The summed E-state index contributed by atoms with van der Waals surface area (Å²) >= 11 is 0. The first kappa shape index (κ1) is 13.8. The van der Waals surface area contributed by atoms with Crippen LogP contribution in [0.5, 0.6) is 0 Å². The van der Waals surface area contributed by atoms with Gasteiger partial charge in [0.2, 0.25) is 0 Å². The zero-order chi connectivity index (χ0) is 13.1. The van der Waals surface area contributed by atoms with Crippen LogP contribution in [0.15, 0.2) is 0 Å². The lowest BCUT2D eigenvalue weighted by molar-refractivity contribution is -0.147. The number of carbonyl (C=O) groups excluding carboxylic acids is 1. The van der Waals surface area contributed by atoms with Crippen LogP contribution in [0.25, 0.3) is 0 Å². The second-order valence-electron chi connectivity index (χ2n) is 5.84. The molecule has 1 aliphatic heterocycles. The van der Waals surface area contributed by atoms with Crippen molar-refractivity contribution >= 4 is 5.91 Å². The second-order valence-corrected chi connectivity index (χ2v) is 5.84. The molecule has 0 radical (unpaired) electrons. The van der Waals surface area contributed by atoms with Crippen LogP contribution in [-0.4, -0.2) is 41.6 Å². The molecule has 4 nitrogen and oxygen atoms in total. The first-order valence-electron chi connectivity index (χ1n) is 7.31. The molecule has 2 atom stereocenters. The van der Waals surface area contributed by atoms with E-state index in [9.17, 15) is 4.79 Å². The number of carbonyl (C=O) groups is 1. The first-order valence-corrected chi connectivity index (χ1v) is 7.31. The Balaban J connectivity index is 2.00. The lowest BCUT2D eigenvalue weighted by atomic mass is 10.1. The Kier molecular flexibility index (Phi) is 4.62. The summed E-state index contributed by atoms with van der Waals surface area (Å²) in [6.07, 6.45) is 6.38. The van der Waals surface area contributed by atoms with Crippen LogP contribution in [0.1, 0.15) is 52.4 Å². The SMILES string of the molecule is CC(C)N(C(=O)[C@@H]1CC[C@H](CN)O1)C1CCCC1. The van der Waals surface area contributed by atoms with E-state index in [0.717, 1.165) is 25.7 Å². The first-order chi connectivity index (χ1) is 8.63. The molecular weight excluding hydrogens is 228 g/mol. The zero-order valence-electron chi connectivity index (χ0n) is 11.6. The normalized spacial score (nSPS) is 29.1. The van der Waals surface area contributed by atoms with Crippen molar-refractivity contribution < 1.29 is 9.53 Å². The maximum absolute atomic E-state index is 12.6. The fraction of sp³-hybridized carbons (Fsp3) is 0.929. The number of ether oxygens (including phenoxy) is 1. The van der Waals surface area contributed by atoms with Crippen LogP contribution >= 0.6 is 0 Å². The van der Waals surface area contributed by atoms with Crippen molar-refractivity contribution in [2.45, 2.75) is 76.7 Å². The molecule has 2 rings (SSSR count). The fourth-order valence-electron chi connectivity index (χ4n) is 3.27. The van der Waals surface area contributed by atoms with Crippen molar-refractivity contribution in [2.24, 2.45) is 5.73 Å². The summed E-state index contributed by atoms with van der Waals surface area (Å²) in [5, 5.41) is 0. The minimum Gasteiger partial charge on any atom is -0.364 e. The van der Waals surface area contributed by atoms with Gasteiger partial charge in [0.05, 0.1) is 6.10 Å². The molecule has 1 saturated heterocycles. The average Bonchev–Trinajstić information content (AvgIpc) is 2.99. The maximum Gasteiger partial charge on any atom is 0.252 e. The third-order valence-corrected chi connectivity index (χ3v) is 4.17. The topological polar surface area (TPSA) is 55.6 Å². The lowest BCUT2D eigenvalue weighted by Gasteiger charge is -2.34. The number of rotatable bonds is 4. The van der Waals surface area contributed by atoms with Gasteiger partial charge in [-0.15, -0.1) is 0 Å². The molecule has 1 saturated carbocycles. The summed E-state index contributed by atoms with van der Waals surface area (Å²) in [6, 6.07) is 0.694. The van der Waals surface area contributed by atoms with Crippen molar-refractivity contribution in [1.29, 1.82) is 0 Å². The molecule has 0 spiro atoms. The molecule has 2 aliphatic rings. The molecule has 0 aromatic heterocycles. The van der Waals surface area contributed by atoms with E-state index in [1.54, 1.807) is 0 Å². The summed E-state index contributed by atoms with van der Waals surface area (Å²) in [7, 11) is 0. The van der Waals surface area contributed by atoms with Crippen LogP contribution in [0.3, 0.4) is 0 Å². The van der Waals surface area contributed by atoms with E-state index >= 15 is 0 Å². The van der Waals surface area contributed by atoms with Gasteiger partial charge in [-0.3, -0.25) is 4.79 Å². The smallest absolute Gasteiger partial charge is 0.252 e. The second kappa shape index (κ2) is 6.02. The highest BCUT2D eigenvalue weighted by atomic mass is 16.5. The molecule has 18 heavy (non-hydrogen) atoms. The Bertz CT molecular complexity index is 288. The molecule has 2 fully saturated rings. The van der Waals surface area contributed by atoms with Crippen molar-refractivity contribution in [1.82, 2.24) is 4.90 Å². The van der Waals surface area contributed by atoms with Crippen molar-refractivity contribution in [2.75, 3.05) is 6.54 Å². The Labute approximate surface area is 110 Å². The number of nitrogens with zero attached hydrogens (tertiary/aromatic N) is 1. The summed E-state index contributed by atoms with van der Waals surface area (Å²) in [6.45, 7) is 4.73. The van der Waals surface area contributed by atoms with E-state index in [-0.39, 0.29) is 24.2 Å². The van der Waals surface area contributed by atoms with Crippen LogP contribution in [0, 0.1) is 0 Å². The van der Waals surface area contributed by atoms with Gasteiger partial charge in [0, 0.05) is 18.6 Å². The molecular formula is C14H26N2O2. The highest BCUT2D eigenvalue weighted by molar-refractivity contribution is 5.81. The fourth-order valence-corrected chi connectivity index (χ4v) is 3.27. The zero-order valence-corrected chi connectivity index (χ0v) is 11.6. The molecule has 2 N–H and O–H groups in total. The van der Waals surface area contributed by atoms with Gasteiger partial charge in [0.25, 0.3) is 5.91 Å². The van der Waals surface area contributed by atoms with Crippen molar-refractivity contribution in [3.05, 3.63) is 0 Å². The maximum atomic E-state index is 12.6. The van der Waals surface area contributed by atoms with Crippen LogP contribution < -0.4 is 5.73 Å². The predicted molar refractivity (Wildman–Crippen MR) is 71.2 cm³/mol. The number of hydrogen-bond acceptors (Lipinski definition) is 3. The van der Waals surface area contributed by atoms with E-state index in [2.05, 4.69) is 18.7 Å². The molecule has 4 heteroatoms. The highest BCUT2D eigenvalue weighted by Crippen LogP contribution is 2.28. The van der Waals surface area contributed by atoms with E-state index in [4.69, 9.17) is 10.5 Å². The van der Waals surface area contributed by atoms with Crippen LogP contribution in [-0.2, 0) is 9.53 Å². The van der Waals surface area contributed by atoms with Gasteiger partial charge in [-0.25, -0.2) is 0 Å². The predicted octanol–water partition coefficient (Wildman–Crippen LogP) is 1.67. The van der Waals surface area contributed by atoms with Gasteiger partial charge in [-0.2, -0.15) is 0 Å². The van der Waals surface area contributed by atoms with Gasteiger partial charge in [0.1, 0.15) is 6.10 Å². The Morgan fingerprint density at radius 3 is 2.44 bits per heavy atom. The Morgan fingerprint density at radius 1 is 1.28 bits per heavy atom. The van der Waals surface area contributed by atoms with Crippen LogP contribution in [0.4, 0.5) is 0 Å². The third kappa shape index (κ3) is 2.86. The molecule has 1 amide bonds. The summed E-state index contributed by atoms with van der Waals surface area (Å²) in [5.41, 5.74) is 5.60. The molecule has 1 aliphatic carbocycles. The van der Waals surface area contributed by atoms with Gasteiger partial charge in [0.15, 0.2) is 0 Å². The molecule has 0 unspecified atom stereocenters. The van der Waals surface area contributed by atoms with E-state index in [0.29, 0.717) is 12.6 Å². The van der Waals surface area contributed by atoms with Crippen LogP contribution in [0.2, 0.25) is 0 Å². The Hall–Kier alpha value is -0.610. The van der Waals surface area contributed by atoms with Gasteiger partial charge in [-0.05, 0) is 39.5 Å². The van der Waals surface area contributed by atoms with Gasteiger partial charge >= 0.3 is 0 Å². The van der Waals surface area contributed by atoms with E-state index in [1.807, 2.05) is 0 Å². The quantitative estimate of drug-likeness (QED) is 0.830. The number of nitrogens with two attached hydrogens (primary N) is 1. The number of amides is 1. The minimum absolute atomic E-state index is 0.0801. The lowest BCUT2D eigenvalue weighted by Crippen LogP contribution is -2.48. The molecule has 0 aromatic carbocycles. The monoisotopic (exact) mass is 254 g/mol. The molecule has 104 valence electrons. The summed E-state index contributed by atoms with van der Waals surface area (Å²) in [4.78, 5) is 14.7. The summed E-state index contributed by atoms with van der Waals surface area (Å²) < 4.78 is 5.75. The highest BCUT2D eigenvalue weighted by Gasteiger charge is 2.37. The Morgan fingerprint density at radius 2 is 1.94 bits per heavy atom. The van der Waals surface area contributed by atoms with E-state index < -0.39 is 0 Å². The number of hydrogen-bond donors (Lipinski definition) is 1. The van der Waals surface area contributed by atoms with E-state index in [1.165, 1.54) is 12.8 Å². The molecule has 0 aromatic rings. The van der Waals surface area contributed by atoms with Crippen molar-refractivity contribution in [3.63, 3.8) is 0 Å². The standard InChI is InChI=1S/C14H26N2O2/c1-10(2)16(11-5-3-4-6-11)14(17)13-8-7-12(9-15)18-13/h10-13H,3-9,15H2,1-2H3/t12-,13+/m1/s1.